The molecule has 1 aliphatic rings. The van der Waals surface area contributed by atoms with Crippen LogP contribution in [0.3, 0.4) is 0 Å². The molecular weight excluding hydrogens is 325 g/mol. The minimum absolute atomic E-state index is 0.0702. The maximum Gasteiger partial charge on any atom is 0.393 e. The highest BCUT2D eigenvalue weighted by atomic mass is 19.4. The SMILES string of the molecule is COCCn1cc(NC(=O)N(C)[C@H]2CCCC[C@H]2C(F)(F)F)cn1. The van der Waals surface area contributed by atoms with Gasteiger partial charge in [0.15, 0.2) is 0 Å². The summed E-state index contributed by atoms with van der Waals surface area (Å²) in [7, 11) is 2.99. The highest BCUT2D eigenvalue weighted by Crippen LogP contribution is 2.39. The summed E-state index contributed by atoms with van der Waals surface area (Å²) in [5.41, 5.74) is 0.447. The number of hydrogen-bond acceptors (Lipinski definition) is 3. The van der Waals surface area contributed by atoms with Crippen LogP contribution in [0.4, 0.5) is 23.7 Å². The first-order valence-electron chi connectivity index (χ1n) is 7.95. The van der Waals surface area contributed by atoms with Crippen LogP contribution in [0.5, 0.6) is 0 Å². The molecule has 0 bridgehead atoms. The molecule has 6 nitrogen and oxygen atoms in total. The number of nitrogens with one attached hydrogen (secondary N) is 1. The van der Waals surface area contributed by atoms with Crippen molar-refractivity contribution in [2.75, 3.05) is 26.1 Å². The molecule has 9 heteroatoms. The van der Waals surface area contributed by atoms with E-state index < -0.39 is 24.2 Å². The third-order valence-corrected chi connectivity index (χ3v) is 4.38. The van der Waals surface area contributed by atoms with Crippen molar-refractivity contribution >= 4 is 11.7 Å². The van der Waals surface area contributed by atoms with Crippen molar-refractivity contribution in [2.24, 2.45) is 5.92 Å². The van der Waals surface area contributed by atoms with Gasteiger partial charge in [0, 0.05) is 26.4 Å². The number of anilines is 1. The van der Waals surface area contributed by atoms with Crippen LogP contribution in [0, 0.1) is 5.92 Å². The van der Waals surface area contributed by atoms with Crippen LogP contribution in [0.25, 0.3) is 0 Å². The Kier molecular flexibility index (Phi) is 6.09. The van der Waals surface area contributed by atoms with Gasteiger partial charge in [-0.25, -0.2) is 4.79 Å². The fourth-order valence-electron chi connectivity index (χ4n) is 3.05. The van der Waals surface area contributed by atoms with Gasteiger partial charge in [0.1, 0.15) is 0 Å². The van der Waals surface area contributed by atoms with E-state index >= 15 is 0 Å². The van der Waals surface area contributed by atoms with Crippen molar-refractivity contribution in [3.63, 3.8) is 0 Å². The smallest absolute Gasteiger partial charge is 0.383 e. The summed E-state index contributed by atoms with van der Waals surface area (Å²) >= 11 is 0. The van der Waals surface area contributed by atoms with Gasteiger partial charge >= 0.3 is 12.2 Å². The molecule has 1 aromatic rings. The highest BCUT2D eigenvalue weighted by molar-refractivity contribution is 5.89. The summed E-state index contributed by atoms with van der Waals surface area (Å²) in [5.74, 6) is -1.47. The Hall–Kier alpha value is -1.77. The summed E-state index contributed by atoms with van der Waals surface area (Å²) in [6.45, 7) is 1.01. The molecule has 1 N–H and O–H groups in total. The standard InChI is InChI=1S/C15H23F3N4O2/c1-21(13-6-4-3-5-12(13)15(16,17)18)14(23)20-11-9-19-22(10-11)7-8-24-2/h9-10,12-13H,3-8H2,1-2H3,(H,20,23)/t12-,13+/m1/s1. The molecular formula is C15H23F3N4O2. The molecule has 1 aromatic heterocycles. The number of halogens is 3. The molecule has 0 saturated heterocycles. The lowest BCUT2D eigenvalue weighted by Gasteiger charge is -2.38. The van der Waals surface area contributed by atoms with E-state index in [0.717, 1.165) is 0 Å². The van der Waals surface area contributed by atoms with Crippen LogP contribution in [0.15, 0.2) is 12.4 Å². The molecule has 0 unspecified atom stereocenters. The second kappa shape index (κ2) is 7.87. The van der Waals surface area contributed by atoms with Crippen molar-refractivity contribution in [1.82, 2.24) is 14.7 Å². The number of carbonyl (C=O) groups excluding carboxylic acids is 1. The molecule has 2 amide bonds. The highest BCUT2D eigenvalue weighted by Gasteiger charge is 2.47. The van der Waals surface area contributed by atoms with Crippen molar-refractivity contribution in [1.29, 1.82) is 0 Å². The molecule has 0 aliphatic heterocycles. The third kappa shape index (κ3) is 4.62. The number of rotatable bonds is 5. The van der Waals surface area contributed by atoms with Crippen LogP contribution in [0.2, 0.25) is 0 Å². The molecule has 1 saturated carbocycles. The Bertz CT molecular complexity index is 547. The Morgan fingerprint density at radius 2 is 2.17 bits per heavy atom. The molecule has 0 radical (unpaired) electrons. The maximum absolute atomic E-state index is 13.2. The van der Waals surface area contributed by atoms with Gasteiger partial charge in [-0.2, -0.15) is 18.3 Å². The lowest BCUT2D eigenvalue weighted by atomic mass is 9.83. The van der Waals surface area contributed by atoms with Crippen LogP contribution in [-0.2, 0) is 11.3 Å². The average molecular weight is 348 g/mol. The van der Waals surface area contributed by atoms with E-state index in [9.17, 15) is 18.0 Å². The van der Waals surface area contributed by atoms with Gasteiger partial charge < -0.3 is 15.0 Å². The number of amides is 2. The zero-order valence-electron chi connectivity index (χ0n) is 13.8. The van der Waals surface area contributed by atoms with E-state index in [1.807, 2.05) is 0 Å². The molecule has 1 aliphatic carbocycles. The van der Waals surface area contributed by atoms with E-state index in [1.165, 1.54) is 18.1 Å². The summed E-state index contributed by atoms with van der Waals surface area (Å²) in [5, 5.41) is 6.66. The second-order valence-electron chi connectivity index (χ2n) is 6.03. The first kappa shape index (κ1) is 18.6. The van der Waals surface area contributed by atoms with Gasteiger partial charge in [-0.3, -0.25) is 4.68 Å². The molecule has 2 rings (SSSR count). The van der Waals surface area contributed by atoms with E-state index in [-0.39, 0.29) is 6.42 Å². The minimum atomic E-state index is -4.29. The summed E-state index contributed by atoms with van der Waals surface area (Å²) in [6.07, 6.45) is 0.467. The van der Waals surface area contributed by atoms with Crippen molar-refractivity contribution < 1.29 is 22.7 Å². The van der Waals surface area contributed by atoms with Gasteiger partial charge in [-0.05, 0) is 12.8 Å². The molecule has 136 valence electrons. The normalized spacial score (nSPS) is 21.5. The number of alkyl halides is 3. The van der Waals surface area contributed by atoms with E-state index in [0.29, 0.717) is 38.1 Å². The number of methoxy groups -OCH3 is 1. The number of ether oxygens (including phenoxy) is 1. The summed E-state index contributed by atoms with van der Waals surface area (Å²) in [6, 6.07) is -1.38. The molecule has 1 heterocycles. The molecule has 0 spiro atoms. The predicted octanol–water partition coefficient (Wildman–Crippen LogP) is 3.11. The second-order valence-corrected chi connectivity index (χ2v) is 6.03. The quantitative estimate of drug-likeness (QED) is 0.889. The third-order valence-electron chi connectivity index (χ3n) is 4.38. The van der Waals surface area contributed by atoms with Crippen LogP contribution >= 0.6 is 0 Å². The largest absolute Gasteiger partial charge is 0.393 e. The zero-order valence-corrected chi connectivity index (χ0v) is 13.8. The number of nitrogens with zero attached hydrogens (tertiary/aromatic N) is 3. The number of aromatic nitrogens is 2. The lowest BCUT2D eigenvalue weighted by Crippen LogP contribution is -2.49. The summed E-state index contributed by atoms with van der Waals surface area (Å²) in [4.78, 5) is 13.5. The topological polar surface area (TPSA) is 59.4 Å². The molecule has 0 aromatic carbocycles. The zero-order chi connectivity index (χ0) is 17.7. The Balaban J connectivity index is 1.98. The van der Waals surface area contributed by atoms with E-state index in [2.05, 4.69) is 10.4 Å². The van der Waals surface area contributed by atoms with Crippen LogP contribution < -0.4 is 5.32 Å². The van der Waals surface area contributed by atoms with Crippen molar-refractivity contribution in [3.8, 4) is 0 Å². The van der Waals surface area contributed by atoms with Gasteiger partial charge in [0.2, 0.25) is 0 Å². The molecule has 1 fully saturated rings. The molecule has 24 heavy (non-hydrogen) atoms. The predicted molar refractivity (Wildman–Crippen MR) is 82.7 cm³/mol. The Morgan fingerprint density at radius 1 is 1.46 bits per heavy atom. The van der Waals surface area contributed by atoms with Crippen molar-refractivity contribution in [2.45, 2.75) is 44.4 Å². The Morgan fingerprint density at radius 3 is 2.83 bits per heavy atom. The van der Waals surface area contributed by atoms with Gasteiger partial charge in [-0.1, -0.05) is 12.8 Å². The fourth-order valence-corrected chi connectivity index (χ4v) is 3.05. The van der Waals surface area contributed by atoms with Crippen LogP contribution in [0.1, 0.15) is 25.7 Å². The van der Waals surface area contributed by atoms with Crippen molar-refractivity contribution in [3.05, 3.63) is 12.4 Å². The number of carbonyl (C=O) groups is 1. The fraction of sp³-hybridized carbons (Fsp3) is 0.733. The van der Waals surface area contributed by atoms with Gasteiger partial charge in [0.25, 0.3) is 0 Å². The van der Waals surface area contributed by atoms with E-state index in [1.54, 1.807) is 18.0 Å². The number of hydrogen-bond donors (Lipinski definition) is 1. The monoisotopic (exact) mass is 348 g/mol. The summed E-state index contributed by atoms with van der Waals surface area (Å²) < 4.78 is 46.1. The minimum Gasteiger partial charge on any atom is -0.383 e. The number of urea groups is 1. The average Bonchev–Trinajstić information content (AvgIpc) is 2.98. The lowest BCUT2D eigenvalue weighted by molar-refractivity contribution is -0.195. The first-order chi connectivity index (χ1) is 11.3. The van der Waals surface area contributed by atoms with Gasteiger partial charge in [-0.15, -0.1) is 0 Å². The first-order valence-corrected chi connectivity index (χ1v) is 7.95. The molecule has 2 atom stereocenters. The van der Waals surface area contributed by atoms with E-state index in [4.69, 9.17) is 4.74 Å². The maximum atomic E-state index is 13.2. The Labute approximate surface area is 138 Å². The van der Waals surface area contributed by atoms with Crippen LogP contribution in [-0.4, -0.2) is 53.7 Å². The van der Waals surface area contributed by atoms with Gasteiger partial charge in [0.05, 0.1) is 31.0 Å².